The second kappa shape index (κ2) is 3.80. The number of rotatable bonds is 2. The zero-order chi connectivity index (χ0) is 8.27. The average Bonchev–Trinajstić information content (AvgIpc) is 2.04. The van der Waals surface area contributed by atoms with Gasteiger partial charge in [0.05, 0.1) is 12.8 Å². The molecule has 2 nitrogen and oxygen atoms in total. The van der Waals surface area contributed by atoms with Crippen molar-refractivity contribution in [1.29, 1.82) is 0 Å². The van der Waals surface area contributed by atoms with E-state index < -0.39 is 0 Å². The van der Waals surface area contributed by atoms with E-state index in [1.807, 2.05) is 25.2 Å². The smallest absolute Gasteiger partial charge is 0.142 e. The lowest BCUT2D eigenvalue weighted by Crippen LogP contribution is -1.93. The monoisotopic (exact) mass is 263 g/mol. The second-order valence-corrected chi connectivity index (χ2v) is 3.34. The predicted octanol–water partition coefficient (Wildman–Crippen LogP) is 2.34. The van der Waals surface area contributed by atoms with Crippen molar-refractivity contribution in [2.45, 2.75) is 0 Å². The van der Waals surface area contributed by atoms with Gasteiger partial charge in [-0.15, -0.1) is 0 Å². The molecule has 0 radical (unpaired) electrons. The van der Waals surface area contributed by atoms with E-state index >= 15 is 0 Å². The standard InChI is InChI=1S/C8H10INO/c1-10-7-5-6(9)3-4-8(7)11-2/h3-5,10H,1-2H3. The molecular weight excluding hydrogens is 253 g/mol. The van der Waals surface area contributed by atoms with Crippen LogP contribution in [-0.2, 0) is 0 Å². The lowest BCUT2D eigenvalue weighted by atomic mass is 10.3. The molecule has 60 valence electrons. The molecule has 3 heteroatoms. The van der Waals surface area contributed by atoms with Crippen LogP contribution in [-0.4, -0.2) is 14.2 Å². The maximum atomic E-state index is 5.13. The highest BCUT2D eigenvalue weighted by atomic mass is 127. The van der Waals surface area contributed by atoms with Crippen LogP contribution in [0.3, 0.4) is 0 Å². The zero-order valence-electron chi connectivity index (χ0n) is 6.52. The molecule has 0 saturated carbocycles. The van der Waals surface area contributed by atoms with Gasteiger partial charge in [0.2, 0.25) is 0 Å². The van der Waals surface area contributed by atoms with Crippen LogP contribution in [0.1, 0.15) is 0 Å². The fraction of sp³-hybridized carbons (Fsp3) is 0.250. The summed E-state index contributed by atoms with van der Waals surface area (Å²) in [5.41, 5.74) is 1.03. The Morgan fingerprint density at radius 3 is 2.73 bits per heavy atom. The Bertz CT molecular complexity index is 250. The highest BCUT2D eigenvalue weighted by Crippen LogP contribution is 2.25. The van der Waals surface area contributed by atoms with Gasteiger partial charge in [0.15, 0.2) is 0 Å². The Hall–Kier alpha value is -0.450. The Morgan fingerprint density at radius 1 is 1.45 bits per heavy atom. The maximum absolute atomic E-state index is 5.13. The Morgan fingerprint density at radius 2 is 2.18 bits per heavy atom. The molecular formula is C8H10INO. The first-order chi connectivity index (χ1) is 5.27. The summed E-state index contributed by atoms with van der Waals surface area (Å²) in [6.07, 6.45) is 0. The van der Waals surface area contributed by atoms with Crippen LogP contribution in [0.25, 0.3) is 0 Å². The summed E-state index contributed by atoms with van der Waals surface area (Å²) < 4.78 is 6.33. The Balaban J connectivity index is 3.06. The maximum Gasteiger partial charge on any atom is 0.142 e. The SMILES string of the molecule is CNc1cc(I)ccc1OC. The van der Waals surface area contributed by atoms with Crippen LogP contribution in [0, 0.1) is 3.57 Å². The molecule has 0 aliphatic carbocycles. The van der Waals surface area contributed by atoms with Crippen molar-refractivity contribution < 1.29 is 4.74 Å². The topological polar surface area (TPSA) is 21.3 Å². The fourth-order valence-corrected chi connectivity index (χ4v) is 1.37. The van der Waals surface area contributed by atoms with Gasteiger partial charge in [-0.25, -0.2) is 0 Å². The van der Waals surface area contributed by atoms with Gasteiger partial charge in [-0.3, -0.25) is 0 Å². The predicted molar refractivity (Wildman–Crippen MR) is 55.3 cm³/mol. The van der Waals surface area contributed by atoms with Gasteiger partial charge in [0, 0.05) is 10.6 Å². The fourth-order valence-electron chi connectivity index (χ4n) is 0.876. The van der Waals surface area contributed by atoms with Crippen LogP contribution in [0.4, 0.5) is 5.69 Å². The van der Waals surface area contributed by atoms with E-state index in [1.54, 1.807) is 7.11 Å². The summed E-state index contributed by atoms with van der Waals surface area (Å²) in [5, 5.41) is 3.06. The van der Waals surface area contributed by atoms with E-state index in [2.05, 4.69) is 27.9 Å². The van der Waals surface area contributed by atoms with Crippen molar-refractivity contribution >= 4 is 28.3 Å². The lowest BCUT2D eigenvalue weighted by Gasteiger charge is -2.07. The number of hydrogen-bond donors (Lipinski definition) is 1. The number of anilines is 1. The highest BCUT2D eigenvalue weighted by molar-refractivity contribution is 14.1. The quantitative estimate of drug-likeness (QED) is 0.827. The number of halogens is 1. The van der Waals surface area contributed by atoms with Gasteiger partial charge >= 0.3 is 0 Å². The molecule has 0 atom stereocenters. The molecule has 1 N–H and O–H groups in total. The number of benzene rings is 1. The van der Waals surface area contributed by atoms with Crippen molar-refractivity contribution in [3.63, 3.8) is 0 Å². The van der Waals surface area contributed by atoms with E-state index in [-0.39, 0.29) is 0 Å². The number of hydrogen-bond acceptors (Lipinski definition) is 2. The molecule has 0 amide bonds. The van der Waals surface area contributed by atoms with Crippen molar-refractivity contribution in [3.8, 4) is 5.75 Å². The number of nitrogens with one attached hydrogen (secondary N) is 1. The largest absolute Gasteiger partial charge is 0.495 e. The normalized spacial score (nSPS) is 9.36. The minimum absolute atomic E-state index is 0.882. The molecule has 0 unspecified atom stereocenters. The van der Waals surface area contributed by atoms with E-state index in [0.717, 1.165) is 11.4 Å². The molecule has 0 aliphatic heterocycles. The second-order valence-electron chi connectivity index (χ2n) is 2.09. The molecule has 0 aliphatic rings. The molecule has 1 rings (SSSR count). The van der Waals surface area contributed by atoms with Gasteiger partial charge in [-0.05, 0) is 40.8 Å². The summed E-state index contributed by atoms with van der Waals surface area (Å²) in [6.45, 7) is 0. The van der Waals surface area contributed by atoms with Crippen LogP contribution < -0.4 is 10.1 Å². The number of methoxy groups -OCH3 is 1. The molecule has 0 heterocycles. The zero-order valence-corrected chi connectivity index (χ0v) is 8.68. The van der Waals surface area contributed by atoms with Gasteiger partial charge in [0.1, 0.15) is 5.75 Å². The molecule has 0 aromatic heterocycles. The third-order valence-electron chi connectivity index (χ3n) is 1.43. The average molecular weight is 263 g/mol. The van der Waals surface area contributed by atoms with Gasteiger partial charge < -0.3 is 10.1 Å². The summed E-state index contributed by atoms with van der Waals surface area (Å²) in [6, 6.07) is 6.01. The number of ether oxygens (including phenoxy) is 1. The summed E-state index contributed by atoms with van der Waals surface area (Å²) >= 11 is 2.27. The van der Waals surface area contributed by atoms with Crippen LogP contribution in [0.15, 0.2) is 18.2 Å². The minimum Gasteiger partial charge on any atom is -0.495 e. The van der Waals surface area contributed by atoms with Crippen molar-refractivity contribution in [2.75, 3.05) is 19.5 Å². The first-order valence-corrected chi connectivity index (χ1v) is 4.37. The summed E-state index contributed by atoms with van der Waals surface area (Å²) in [5.74, 6) is 0.882. The van der Waals surface area contributed by atoms with Gasteiger partial charge in [0.25, 0.3) is 0 Å². The molecule has 11 heavy (non-hydrogen) atoms. The van der Waals surface area contributed by atoms with Gasteiger partial charge in [-0.1, -0.05) is 0 Å². The highest BCUT2D eigenvalue weighted by Gasteiger charge is 1.99. The van der Waals surface area contributed by atoms with Crippen LogP contribution >= 0.6 is 22.6 Å². The van der Waals surface area contributed by atoms with Gasteiger partial charge in [-0.2, -0.15) is 0 Å². The molecule has 0 bridgehead atoms. The van der Waals surface area contributed by atoms with Crippen molar-refractivity contribution in [3.05, 3.63) is 21.8 Å². The first kappa shape index (κ1) is 8.64. The molecule has 1 aromatic carbocycles. The third-order valence-corrected chi connectivity index (χ3v) is 2.10. The van der Waals surface area contributed by atoms with Crippen molar-refractivity contribution in [1.82, 2.24) is 0 Å². The first-order valence-electron chi connectivity index (χ1n) is 3.29. The third kappa shape index (κ3) is 1.99. The molecule has 1 aromatic rings. The van der Waals surface area contributed by atoms with E-state index in [9.17, 15) is 0 Å². The summed E-state index contributed by atoms with van der Waals surface area (Å²) in [7, 11) is 3.55. The molecule has 0 saturated heterocycles. The molecule has 0 spiro atoms. The Kier molecular flexibility index (Phi) is 2.99. The minimum atomic E-state index is 0.882. The Labute approximate surface area is 80.1 Å². The lowest BCUT2D eigenvalue weighted by molar-refractivity contribution is 0.416. The van der Waals surface area contributed by atoms with Crippen molar-refractivity contribution in [2.24, 2.45) is 0 Å². The molecule has 0 fully saturated rings. The van der Waals surface area contributed by atoms with Crippen LogP contribution in [0.5, 0.6) is 5.75 Å². The van der Waals surface area contributed by atoms with E-state index in [0.29, 0.717) is 0 Å². The van der Waals surface area contributed by atoms with Crippen LogP contribution in [0.2, 0.25) is 0 Å². The van der Waals surface area contributed by atoms with E-state index in [4.69, 9.17) is 4.74 Å². The van der Waals surface area contributed by atoms with E-state index in [1.165, 1.54) is 3.57 Å². The summed E-state index contributed by atoms with van der Waals surface area (Å²) in [4.78, 5) is 0.